The van der Waals surface area contributed by atoms with Crippen LogP contribution in [-0.4, -0.2) is 12.0 Å². The molecule has 0 radical (unpaired) electrons. The minimum Gasteiger partial charge on any atom is -0.493 e. The maximum Gasteiger partial charge on any atom is 0.269 e. The molecule has 178 valence electrons. The van der Waals surface area contributed by atoms with E-state index >= 15 is 0 Å². The molecule has 0 unspecified atom stereocenters. The molecule has 4 aromatic rings. The van der Waals surface area contributed by atoms with Gasteiger partial charge in [-0.25, -0.2) is 0 Å². The van der Waals surface area contributed by atoms with Crippen molar-refractivity contribution >= 4 is 34.0 Å². The van der Waals surface area contributed by atoms with E-state index in [0.29, 0.717) is 18.0 Å². The third-order valence-corrected chi connectivity index (χ3v) is 5.95. The van der Waals surface area contributed by atoms with Gasteiger partial charge in [0, 0.05) is 24.4 Å². The summed E-state index contributed by atoms with van der Waals surface area (Å²) in [6, 6.07) is 27.7. The molecule has 0 saturated carbocycles. The van der Waals surface area contributed by atoms with Crippen molar-refractivity contribution < 1.29 is 19.1 Å². The third-order valence-electron chi connectivity index (χ3n) is 5.15. The number of hydrogen-bond acceptors (Lipinski definition) is 6. The Kier molecular flexibility index (Phi) is 8.04. The minimum atomic E-state index is -0.420. The summed E-state index contributed by atoms with van der Waals surface area (Å²) in [7, 11) is 1.60. The molecule has 0 aliphatic carbocycles. The molecule has 35 heavy (non-hydrogen) atoms. The van der Waals surface area contributed by atoms with Crippen molar-refractivity contribution in [2.24, 2.45) is 0 Å². The van der Waals surface area contributed by atoms with Gasteiger partial charge in [0.25, 0.3) is 5.69 Å². The monoisotopic (exact) mass is 582 g/mol. The van der Waals surface area contributed by atoms with E-state index in [1.54, 1.807) is 19.2 Å². The lowest BCUT2D eigenvalue weighted by Crippen LogP contribution is -2.04. The fourth-order valence-electron chi connectivity index (χ4n) is 3.35. The SMILES string of the molecule is COc1cc(CNc2ccc(Oc3ccccc3)cc2)cc(I)c1OCc1ccc([N+](=O)[O-])cc1. The van der Waals surface area contributed by atoms with Crippen LogP contribution in [0.15, 0.2) is 91.0 Å². The number of halogens is 1. The van der Waals surface area contributed by atoms with E-state index in [1.807, 2.05) is 66.7 Å². The number of nitrogens with one attached hydrogen (secondary N) is 1. The summed E-state index contributed by atoms with van der Waals surface area (Å²) in [5, 5.41) is 14.2. The van der Waals surface area contributed by atoms with Gasteiger partial charge in [0.15, 0.2) is 11.5 Å². The highest BCUT2D eigenvalue weighted by molar-refractivity contribution is 14.1. The molecule has 0 fully saturated rings. The van der Waals surface area contributed by atoms with Gasteiger partial charge in [0.05, 0.1) is 15.6 Å². The highest BCUT2D eigenvalue weighted by atomic mass is 127. The molecule has 8 heteroatoms. The maximum atomic E-state index is 10.8. The predicted molar refractivity (Wildman–Crippen MR) is 143 cm³/mol. The number of ether oxygens (including phenoxy) is 3. The van der Waals surface area contributed by atoms with Crippen LogP contribution in [0.2, 0.25) is 0 Å². The van der Waals surface area contributed by atoms with E-state index in [9.17, 15) is 10.1 Å². The number of nitro benzene ring substituents is 1. The predicted octanol–water partition coefficient (Wildman–Crippen LogP) is 7.19. The van der Waals surface area contributed by atoms with E-state index < -0.39 is 4.92 Å². The van der Waals surface area contributed by atoms with Crippen LogP contribution in [0.4, 0.5) is 11.4 Å². The molecule has 4 aromatic carbocycles. The van der Waals surface area contributed by atoms with Crippen molar-refractivity contribution in [2.75, 3.05) is 12.4 Å². The Balaban J connectivity index is 1.37. The van der Waals surface area contributed by atoms with E-state index in [2.05, 4.69) is 27.9 Å². The largest absolute Gasteiger partial charge is 0.493 e. The van der Waals surface area contributed by atoms with Crippen LogP contribution >= 0.6 is 22.6 Å². The van der Waals surface area contributed by atoms with E-state index in [1.165, 1.54) is 12.1 Å². The highest BCUT2D eigenvalue weighted by Gasteiger charge is 2.13. The summed E-state index contributed by atoms with van der Waals surface area (Å²) < 4.78 is 18.3. The smallest absolute Gasteiger partial charge is 0.269 e. The number of non-ortho nitro benzene ring substituents is 1. The number of methoxy groups -OCH3 is 1. The summed E-state index contributed by atoms with van der Waals surface area (Å²) >= 11 is 2.22. The average molecular weight is 582 g/mol. The van der Waals surface area contributed by atoms with Crippen molar-refractivity contribution in [1.82, 2.24) is 0 Å². The van der Waals surface area contributed by atoms with E-state index in [0.717, 1.165) is 31.9 Å². The molecular weight excluding hydrogens is 559 g/mol. The Morgan fingerprint density at radius 3 is 2.23 bits per heavy atom. The average Bonchev–Trinajstić information content (AvgIpc) is 2.88. The molecule has 0 amide bonds. The second-order valence-corrected chi connectivity index (χ2v) is 8.78. The lowest BCUT2D eigenvalue weighted by molar-refractivity contribution is -0.384. The molecule has 0 aliphatic heterocycles. The summed E-state index contributed by atoms with van der Waals surface area (Å²) in [6.45, 7) is 0.882. The quantitative estimate of drug-likeness (QED) is 0.121. The Hall–Kier alpha value is -3.79. The topological polar surface area (TPSA) is 82.9 Å². The van der Waals surface area contributed by atoms with E-state index in [-0.39, 0.29) is 12.3 Å². The van der Waals surface area contributed by atoms with E-state index in [4.69, 9.17) is 14.2 Å². The van der Waals surface area contributed by atoms with Gasteiger partial charge in [0.2, 0.25) is 0 Å². The first-order valence-electron chi connectivity index (χ1n) is 10.8. The van der Waals surface area contributed by atoms with Crippen molar-refractivity contribution in [1.29, 1.82) is 0 Å². The molecule has 4 rings (SSSR count). The molecule has 0 atom stereocenters. The molecule has 7 nitrogen and oxygen atoms in total. The van der Waals surface area contributed by atoms with Crippen molar-refractivity contribution in [3.05, 3.63) is 116 Å². The maximum absolute atomic E-state index is 10.8. The van der Waals surface area contributed by atoms with Crippen LogP contribution in [0.1, 0.15) is 11.1 Å². The third kappa shape index (κ3) is 6.63. The zero-order valence-electron chi connectivity index (χ0n) is 18.9. The summed E-state index contributed by atoms with van der Waals surface area (Å²) in [6.07, 6.45) is 0. The lowest BCUT2D eigenvalue weighted by atomic mass is 10.2. The Bertz CT molecular complexity index is 1280. The van der Waals surface area contributed by atoms with Crippen LogP contribution in [-0.2, 0) is 13.2 Å². The number of rotatable bonds is 10. The zero-order valence-corrected chi connectivity index (χ0v) is 21.1. The second-order valence-electron chi connectivity index (χ2n) is 7.61. The minimum absolute atomic E-state index is 0.0520. The van der Waals surface area contributed by atoms with Crippen molar-refractivity contribution in [3.8, 4) is 23.0 Å². The standard InChI is InChI=1S/C27H23IN2O5/c1-33-26-16-20(15-25(28)27(26)34-18-19-7-11-22(12-8-19)30(31)32)17-29-21-9-13-24(14-10-21)35-23-5-3-2-4-6-23/h2-16,29H,17-18H2,1H3. The molecule has 0 heterocycles. The van der Waals surface area contributed by atoms with Gasteiger partial charge in [-0.15, -0.1) is 0 Å². The van der Waals surface area contributed by atoms with Gasteiger partial charge in [-0.3, -0.25) is 10.1 Å². The molecule has 0 spiro atoms. The molecule has 0 aromatic heterocycles. The molecule has 1 N–H and O–H groups in total. The first-order chi connectivity index (χ1) is 17.0. The number of nitrogens with zero attached hydrogens (tertiary/aromatic N) is 1. The fourth-order valence-corrected chi connectivity index (χ4v) is 4.18. The van der Waals surface area contributed by atoms with Gasteiger partial charge in [-0.2, -0.15) is 0 Å². The second kappa shape index (κ2) is 11.6. The normalized spacial score (nSPS) is 10.5. The summed E-state index contributed by atoms with van der Waals surface area (Å²) in [5.74, 6) is 2.83. The molecular formula is C27H23IN2O5. The lowest BCUT2D eigenvalue weighted by Gasteiger charge is -2.15. The number of para-hydroxylation sites is 1. The molecule has 0 saturated heterocycles. The Labute approximate surface area is 217 Å². The number of benzene rings is 4. The Morgan fingerprint density at radius 1 is 0.886 bits per heavy atom. The van der Waals surface area contributed by atoms with Crippen LogP contribution in [0, 0.1) is 13.7 Å². The van der Waals surface area contributed by atoms with Gasteiger partial charge < -0.3 is 19.5 Å². The fraction of sp³-hybridized carbons (Fsp3) is 0.111. The summed E-state index contributed by atoms with van der Waals surface area (Å²) in [4.78, 5) is 10.4. The number of hydrogen-bond donors (Lipinski definition) is 1. The van der Waals surface area contributed by atoms with Gasteiger partial charge >= 0.3 is 0 Å². The molecule has 0 bridgehead atoms. The zero-order chi connectivity index (χ0) is 24.6. The Morgan fingerprint density at radius 2 is 1.57 bits per heavy atom. The highest BCUT2D eigenvalue weighted by Crippen LogP contribution is 2.35. The van der Waals surface area contributed by atoms with Crippen molar-refractivity contribution in [3.63, 3.8) is 0 Å². The van der Waals surface area contributed by atoms with Crippen LogP contribution in [0.5, 0.6) is 23.0 Å². The van der Waals surface area contributed by atoms with Crippen LogP contribution in [0.25, 0.3) is 0 Å². The first kappa shape index (κ1) is 24.3. The van der Waals surface area contributed by atoms with Crippen molar-refractivity contribution in [2.45, 2.75) is 13.2 Å². The van der Waals surface area contributed by atoms with Gasteiger partial charge in [0.1, 0.15) is 18.1 Å². The van der Waals surface area contributed by atoms with Crippen LogP contribution < -0.4 is 19.5 Å². The molecule has 0 aliphatic rings. The van der Waals surface area contributed by atoms with Gasteiger partial charge in [-0.05, 0) is 94.4 Å². The summed E-state index contributed by atoms with van der Waals surface area (Å²) in [5.41, 5.74) is 2.89. The number of nitro groups is 1. The van der Waals surface area contributed by atoms with Crippen LogP contribution in [0.3, 0.4) is 0 Å². The number of anilines is 1. The van der Waals surface area contributed by atoms with Gasteiger partial charge in [-0.1, -0.05) is 18.2 Å². The first-order valence-corrected chi connectivity index (χ1v) is 11.9.